The SMILES string of the molecule is O=C(Cc1ccc(Cl)cc1)NCc1nc2ccccc2c(=O)[nH]1. The number of fused-ring (bicyclic) bond motifs is 1. The maximum absolute atomic E-state index is 12.0. The number of hydrogen-bond donors (Lipinski definition) is 2. The molecular weight excluding hydrogens is 314 g/mol. The molecule has 3 aromatic rings. The van der Waals surface area contributed by atoms with Crippen LogP contribution in [0.25, 0.3) is 10.9 Å². The zero-order valence-electron chi connectivity index (χ0n) is 12.2. The van der Waals surface area contributed by atoms with Crippen LogP contribution in [0.3, 0.4) is 0 Å². The fraction of sp³-hybridized carbons (Fsp3) is 0.118. The first-order valence-corrected chi connectivity index (χ1v) is 7.49. The van der Waals surface area contributed by atoms with Gasteiger partial charge in [0.2, 0.25) is 5.91 Å². The lowest BCUT2D eigenvalue weighted by atomic mass is 10.1. The largest absolute Gasteiger partial charge is 0.349 e. The van der Waals surface area contributed by atoms with Crippen molar-refractivity contribution in [3.05, 3.63) is 75.3 Å². The highest BCUT2D eigenvalue weighted by molar-refractivity contribution is 6.30. The van der Waals surface area contributed by atoms with Gasteiger partial charge in [-0.1, -0.05) is 35.9 Å². The van der Waals surface area contributed by atoms with Gasteiger partial charge >= 0.3 is 0 Å². The summed E-state index contributed by atoms with van der Waals surface area (Å²) < 4.78 is 0. The maximum Gasteiger partial charge on any atom is 0.258 e. The number of benzene rings is 2. The molecule has 6 heteroatoms. The normalized spacial score (nSPS) is 10.7. The molecule has 0 saturated carbocycles. The number of H-pyrrole nitrogens is 1. The van der Waals surface area contributed by atoms with E-state index in [2.05, 4.69) is 15.3 Å². The summed E-state index contributed by atoms with van der Waals surface area (Å²) in [6, 6.07) is 14.2. The molecule has 2 N–H and O–H groups in total. The number of rotatable bonds is 4. The van der Waals surface area contributed by atoms with Gasteiger partial charge in [-0.3, -0.25) is 9.59 Å². The van der Waals surface area contributed by atoms with Crippen LogP contribution in [0.2, 0.25) is 5.02 Å². The van der Waals surface area contributed by atoms with E-state index in [1.54, 1.807) is 42.5 Å². The number of carbonyl (C=O) groups is 1. The van der Waals surface area contributed by atoms with Crippen molar-refractivity contribution < 1.29 is 4.79 Å². The fourth-order valence-corrected chi connectivity index (χ4v) is 2.38. The Morgan fingerprint density at radius 1 is 1.13 bits per heavy atom. The molecular formula is C17H14ClN3O2. The lowest BCUT2D eigenvalue weighted by Gasteiger charge is -2.06. The molecule has 1 aromatic heterocycles. The molecule has 1 amide bonds. The van der Waals surface area contributed by atoms with Crippen molar-refractivity contribution in [2.24, 2.45) is 0 Å². The molecule has 0 aliphatic heterocycles. The van der Waals surface area contributed by atoms with Gasteiger partial charge in [0.05, 0.1) is 23.9 Å². The lowest BCUT2D eigenvalue weighted by Crippen LogP contribution is -2.27. The van der Waals surface area contributed by atoms with E-state index in [-0.39, 0.29) is 24.4 Å². The quantitative estimate of drug-likeness (QED) is 0.773. The van der Waals surface area contributed by atoms with Crippen LogP contribution in [0.15, 0.2) is 53.3 Å². The van der Waals surface area contributed by atoms with Crippen molar-refractivity contribution in [1.82, 2.24) is 15.3 Å². The highest BCUT2D eigenvalue weighted by atomic mass is 35.5. The first-order valence-electron chi connectivity index (χ1n) is 7.11. The molecule has 3 rings (SSSR count). The number of halogens is 1. The molecule has 2 aromatic carbocycles. The number of para-hydroxylation sites is 1. The molecule has 0 radical (unpaired) electrons. The third-order valence-corrected chi connectivity index (χ3v) is 3.64. The Balaban J connectivity index is 1.67. The van der Waals surface area contributed by atoms with Crippen LogP contribution in [0.4, 0.5) is 0 Å². The van der Waals surface area contributed by atoms with Gasteiger partial charge in [0.15, 0.2) is 0 Å². The molecule has 0 fully saturated rings. The van der Waals surface area contributed by atoms with E-state index in [4.69, 9.17) is 11.6 Å². The Morgan fingerprint density at radius 2 is 1.87 bits per heavy atom. The summed E-state index contributed by atoms with van der Waals surface area (Å²) in [5, 5.41) is 3.91. The average molecular weight is 328 g/mol. The summed E-state index contributed by atoms with van der Waals surface area (Å²) in [4.78, 5) is 30.9. The Labute approximate surface area is 137 Å². The van der Waals surface area contributed by atoms with Gasteiger partial charge in [-0.2, -0.15) is 0 Å². The first-order chi connectivity index (χ1) is 11.1. The van der Waals surface area contributed by atoms with Crippen molar-refractivity contribution >= 4 is 28.4 Å². The number of hydrogen-bond acceptors (Lipinski definition) is 3. The van der Waals surface area contributed by atoms with Crippen LogP contribution in [0, 0.1) is 0 Å². The Morgan fingerprint density at radius 3 is 2.65 bits per heavy atom. The van der Waals surface area contributed by atoms with E-state index in [0.717, 1.165) is 5.56 Å². The minimum atomic E-state index is -0.211. The maximum atomic E-state index is 12.0. The number of carbonyl (C=O) groups excluding carboxylic acids is 1. The smallest absolute Gasteiger partial charge is 0.258 e. The highest BCUT2D eigenvalue weighted by Crippen LogP contribution is 2.10. The van der Waals surface area contributed by atoms with Gasteiger partial charge in [0.25, 0.3) is 5.56 Å². The Hall–Kier alpha value is -2.66. The van der Waals surface area contributed by atoms with E-state index >= 15 is 0 Å². The van der Waals surface area contributed by atoms with Gasteiger partial charge in [-0.25, -0.2) is 4.98 Å². The molecule has 0 spiro atoms. The molecule has 0 unspecified atom stereocenters. The molecule has 0 aliphatic carbocycles. The molecule has 116 valence electrons. The molecule has 1 heterocycles. The second-order valence-corrected chi connectivity index (χ2v) is 5.55. The molecule has 0 saturated heterocycles. The van der Waals surface area contributed by atoms with Gasteiger partial charge in [-0.05, 0) is 29.8 Å². The number of aromatic nitrogens is 2. The summed E-state index contributed by atoms with van der Waals surface area (Å²) >= 11 is 5.81. The molecule has 0 aliphatic rings. The third kappa shape index (κ3) is 3.76. The predicted octanol–water partition coefficient (Wildman–Crippen LogP) is 2.44. The number of nitrogens with one attached hydrogen (secondary N) is 2. The van der Waals surface area contributed by atoms with Gasteiger partial charge in [-0.15, -0.1) is 0 Å². The predicted molar refractivity (Wildman–Crippen MR) is 89.4 cm³/mol. The number of aromatic amines is 1. The van der Waals surface area contributed by atoms with E-state index in [9.17, 15) is 9.59 Å². The first kappa shape index (κ1) is 15.2. The Bertz CT molecular complexity index is 904. The third-order valence-electron chi connectivity index (χ3n) is 3.39. The minimum Gasteiger partial charge on any atom is -0.349 e. The summed E-state index contributed by atoms with van der Waals surface area (Å²) in [5.74, 6) is 0.279. The van der Waals surface area contributed by atoms with E-state index < -0.39 is 0 Å². The van der Waals surface area contributed by atoms with Crippen LogP contribution < -0.4 is 10.9 Å². The van der Waals surface area contributed by atoms with Crippen LogP contribution in [0.5, 0.6) is 0 Å². The van der Waals surface area contributed by atoms with E-state index in [0.29, 0.717) is 21.7 Å². The molecule has 23 heavy (non-hydrogen) atoms. The van der Waals surface area contributed by atoms with Crippen LogP contribution in [0.1, 0.15) is 11.4 Å². The summed E-state index contributed by atoms with van der Waals surface area (Å²) in [6.07, 6.45) is 0.245. The lowest BCUT2D eigenvalue weighted by molar-refractivity contribution is -0.120. The highest BCUT2D eigenvalue weighted by Gasteiger charge is 2.06. The second kappa shape index (κ2) is 6.62. The fourth-order valence-electron chi connectivity index (χ4n) is 2.25. The van der Waals surface area contributed by atoms with Crippen molar-refractivity contribution in [2.45, 2.75) is 13.0 Å². The summed E-state index contributed by atoms with van der Waals surface area (Å²) in [7, 11) is 0. The zero-order chi connectivity index (χ0) is 16.2. The monoisotopic (exact) mass is 327 g/mol. The van der Waals surface area contributed by atoms with Crippen molar-refractivity contribution in [3.63, 3.8) is 0 Å². The van der Waals surface area contributed by atoms with E-state index in [1.807, 2.05) is 6.07 Å². The molecule has 0 bridgehead atoms. The topological polar surface area (TPSA) is 74.8 Å². The number of amides is 1. The zero-order valence-corrected chi connectivity index (χ0v) is 12.9. The van der Waals surface area contributed by atoms with Crippen molar-refractivity contribution in [2.75, 3.05) is 0 Å². The minimum absolute atomic E-state index is 0.150. The van der Waals surface area contributed by atoms with Crippen LogP contribution >= 0.6 is 11.6 Å². The van der Waals surface area contributed by atoms with Gasteiger partial charge < -0.3 is 10.3 Å². The average Bonchev–Trinajstić information content (AvgIpc) is 2.55. The second-order valence-electron chi connectivity index (χ2n) is 5.11. The van der Waals surface area contributed by atoms with Crippen LogP contribution in [-0.4, -0.2) is 15.9 Å². The van der Waals surface area contributed by atoms with Crippen LogP contribution in [-0.2, 0) is 17.8 Å². The molecule has 0 atom stereocenters. The number of nitrogens with zero attached hydrogens (tertiary/aromatic N) is 1. The Kier molecular flexibility index (Phi) is 4.39. The van der Waals surface area contributed by atoms with Gasteiger partial charge in [0, 0.05) is 5.02 Å². The summed E-state index contributed by atoms with van der Waals surface area (Å²) in [5.41, 5.74) is 1.27. The summed E-state index contributed by atoms with van der Waals surface area (Å²) in [6.45, 7) is 0.173. The van der Waals surface area contributed by atoms with Crippen molar-refractivity contribution in [3.8, 4) is 0 Å². The van der Waals surface area contributed by atoms with Gasteiger partial charge in [0.1, 0.15) is 5.82 Å². The van der Waals surface area contributed by atoms with Crippen molar-refractivity contribution in [1.29, 1.82) is 0 Å². The molecule has 5 nitrogen and oxygen atoms in total. The standard InChI is InChI=1S/C17H14ClN3O2/c18-12-7-5-11(6-8-12)9-16(22)19-10-15-20-14-4-2-1-3-13(14)17(23)21-15/h1-8H,9-10H2,(H,19,22)(H,20,21,23). The van der Waals surface area contributed by atoms with E-state index in [1.165, 1.54) is 0 Å².